The van der Waals surface area contributed by atoms with Crippen molar-refractivity contribution in [3.05, 3.63) is 47.0 Å². The van der Waals surface area contributed by atoms with E-state index in [0.29, 0.717) is 0 Å². The van der Waals surface area contributed by atoms with Crippen molar-refractivity contribution in [3.8, 4) is 0 Å². The molecule has 1 rings (SSSR count). The van der Waals surface area contributed by atoms with Crippen LogP contribution in [0.2, 0.25) is 0 Å². The van der Waals surface area contributed by atoms with Gasteiger partial charge in [-0.25, -0.2) is 9.59 Å². The fraction of sp³-hybridized carbons (Fsp3) is 0.231. The molecular formula is C13H14O4. The highest BCUT2D eigenvalue weighted by Gasteiger charge is 2.16. The van der Waals surface area contributed by atoms with Crippen molar-refractivity contribution < 1.29 is 19.4 Å². The van der Waals surface area contributed by atoms with Gasteiger partial charge in [0.1, 0.15) is 6.61 Å². The highest BCUT2D eigenvalue weighted by atomic mass is 16.5. The molecule has 1 aromatic rings. The van der Waals surface area contributed by atoms with Crippen molar-refractivity contribution in [3.63, 3.8) is 0 Å². The van der Waals surface area contributed by atoms with Gasteiger partial charge < -0.3 is 9.84 Å². The van der Waals surface area contributed by atoms with Gasteiger partial charge in [0.2, 0.25) is 0 Å². The summed E-state index contributed by atoms with van der Waals surface area (Å²) >= 11 is 0. The van der Waals surface area contributed by atoms with Crippen LogP contribution >= 0.6 is 0 Å². The molecule has 0 radical (unpaired) electrons. The van der Waals surface area contributed by atoms with E-state index in [2.05, 4.69) is 0 Å². The molecule has 0 aliphatic rings. The second-order valence-corrected chi connectivity index (χ2v) is 3.73. The predicted octanol–water partition coefficient (Wildman–Crippen LogP) is 2.51. The van der Waals surface area contributed by atoms with Crippen LogP contribution < -0.4 is 0 Å². The smallest absolute Gasteiger partial charge is 0.339 e. The SMILES string of the molecule is CC(C)=CCOC(=O)c1ccccc1C(=O)O. The first kappa shape index (κ1) is 13.0. The Morgan fingerprint density at radius 3 is 2.35 bits per heavy atom. The van der Waals surface area contributed by atoms with Gasteiger partial charge in [0, 0.05) is 0 Å². The minimum Gasteiger partial charge on any atom is -0.478 e. The number of allylic oxidation sites excluding steroid dienone is 1. The molecular weight excluding hydrogens is 220 g/mol. The summed E-state index contributed by atoms with van der Waals surface area (Å²) in [5.41, 5.74) is 1.06. The molecule has 0 aliphatic carbocycles. The number of carbonyl (C=O) groups is 2. The lowest BCUT2D eigenvalue weighted by molar-refractivity contribution is 0.0536. The number of ether oxygens (including phenoxy) is 1. The molecule has 4 heteroatoms. The Morgan fingerprint density at radius 2 is 1.82 bits per heavy atom. The maximum absolute atomic E-state index is 11.6. The van der Waals surface area contributed by atoms with Gasteiger partial charge in [0.15, 0.2) is 0 Å². The van der Waals surface area contributed by atoms with Crippen molar-refractivity contribution in [1.29, 1.82) is 0 Å². The van der Waals surface area contributed by atoms with Crippen LogP contribution in [0, 0.1) is 0 Å². The summed E-state index contributed by atoms with van der Waals surface area (Å²) in [6.07, 6.45) is 1.75. The monoisotopic (exact) mass is 234 g/mol. The molecule has 1 aromatic carbocycles. The first-order chi connectivity index (χ1) is 8.02. The third kappa shape index (κ3) is 3.75. The standard InChI is InChI=1S/C13H14O4/c1-9(2)7-8-17-13(16)11-6-4-3-5-10(11)12(14)15/h3-7H,8H2,1-2H3,(H,14,15). The number of carboxylic acid groups (broad SMARTS) is 1. The van der Waals surface area contributed by atoms with Crippen molar-refractivity contribution in [2.75, 3.05) is 6.61 Å². The first-order valence-electron chi connectivity index (χ1n) is 5.15. The zero-order chi connectivity index (χ0) is 12.8. The molecule has 17 heavy (non-hydrogen) atoms. The summed E-state index contributed by atoms with van der Waals surface area (Å²) in [4.78, 5) is 22.5. The zero-order valence-corrected chi connectivity index (χ0v) is 9.77. The Kier molecular flexibility index (Phi) is 4.46. The molecule has 0 amide bonds. The summed E-state index contributed by atoms with van der Waals surface area (Å²) < 4.78 is 4.95. The fourth-order valence-corrected chi connectivity index (χ4v) is 1.21. The van der Waals surface area contributed by atoms with Crippen molar-refractivity contribution in [1.82, 2.24) is 0 Å². The molecule has 0 saturated heterocycles. The number of benzene rings is 1. The summed E-state index contributed by atoms with van der Waals surface area (Å²) in [5.74, 6) is -1.76. The number of hydrogen-bond donors (Lipinski definition) is 1. The quantitative estimate of drug-likeness (QED) is 0.642. The Labute approximate surface area is 99.5 Å². The van der Waals surface area contributed by atoms with Crippen LogP contribution in [-0.2, 0) is 4.74 Å². The lowest BCUT2D eigenvalue weighted by atomic mass is 10.1. The summed E-state index contributed by atoms with van der Waals surface area (Å²) in [7, 11) is 0. The predicted molar refractivity (Wildman–Crippen MR) is 63.1 cm³/mol. The largest absolute Gasteiger partial charge is 0.478 e. The second kappa shape index (κ2) is 5.84. The molecule has 0 aliphatic heterocycles. The minimum absolute atomic E-state index is 0.0466. The van der Waals surface area contributed by atoms with E-state index in [4.69, 9.17) is 9.84 Å². The third-order valence-electron chi connectivity index (χ3n) is 2.08. The molecule has 0 spiro atoms. The van der Waals surface area contributed by atoms with E-state index in [0.717, 1.165) is 5.57 Å². The first-order valence-corrected chi connectivity index (χ1v) is 5.15. The van der Waals surface area contributed by atoms with Gasteiger partial charge in [-0.05, 0) is 32.1 Å². The molecule has 90 valence electrons. The van der Waals surface area contributed by atoms with Crippen LogP contribution in [0.4, 0.5) is 0 Å². The van der Waals surface area contributed by atoms with Crippen LogP contribution in [-0.4, -0.2) is 23.7 Å². The Balaban J connectivity index is 2.82. The Hall–Kier alpha value is -2.10. The van der Waals surface area contributed by atoms with Crippen LogP contribution in [0.15, 0.2) is 35.9 Å². The number of aromatic carboxylic acids is 1. The van der Waals surface area contributed by atoms with E-state index in [9.17, 15) is 9.59 Å². The minimum atomic E-state index is -1.14. The molecule has 0 unspecified atom stereocenters. The van der Waals surface area contributed by atoms with Gasteiger partial charge in [-0.15, -0.1) is 0 Å². The normalized spacial score (nSPS) is 9.53. The topological polar surface area (TPSA) is 63.6 Å². The van der Waals surface area contributed by atoms with E-state index in [1.54, 1.807) is 18.2 Å². The molecule has 0 bridgehead atoms. The number of carboxylic acids is 1. The fourth-order valence-electron chi connectivity index (χ4n) is 1.21. The second-order valence-electron chi connectivity index (χ2n) is 3.73. The van der Waals surface area contributed by atoms with Gasteiger partial charge in [-0.3, -0.25) is 0 Å². The molecule has 0 atom stereocenters. The van der Waals surface area contributed by atoms with Crippen LogP contribution in [0.1, 0.15) is 34.6 Å². The van der Waals surface area contributed by atoms with Crippen LogP contribution in [0.25, 0.3) is 0 Å². The molecule has 0 heterocycles. The van der Waals surface area contributed by atoms with E-state index in [1.165, 1.54) is 12.1 Å². The molecule has 0 aromatic heterocycles. The Bertz CT molecular complexity index is 456. The van der Waals surface area contributed by atoms with Crippen molar-refractivity contribution in [2.45, 2.75) is 13.8 Å². The van der Waals surface area contributed by atoms with Gasteiger partial charge in [0.25, 0.3) is 0 Å². The highest BCUT2D eigenvalue weighted by molar-refractivity contribution is 6.02. The van der Waals surface area contributed by atoms with Crippen LogP contribution in [0.5, 0.6) is 0 Å². The molecule has 0 saturated carbocycles. The van der Waals surface area contributed by atoms with Gasteiger partial charge in [-0.2, -0.15) is 0 Å². The third-order valence-corrected chi connectivity index (χ3v) is 2.08. The molecule has 1 N–H and O–H groups in total. The summed E-state index contributed by atoms with van der Waals surface area (Å²) in [6.45, 7) is 3.92. The van der Waals surface area contributed by atoms with E-state index >= 15 is 0 Å². The lowest BCUT2D eigenvalue weighted by Gasteiger charge is -2.05. The van der Waals surface area contributed by atoms with Gasteiger partial charge in [0.05, 0.1) is 11.1 Å². The van der Waals surface area contributed by atoms with Crippen LogP contribution in [0.3, 0.4) is 0 Å². The summed E-state index contributed by atoms with van der Waals surface area (Å²) in [5, 5.41) is 8.91. The lowest BCUT2D eigenvalue weighted by Crippen LogP contribution is -2.11. The maximum Gasteiger partial charge on any atom is 0.339 e. The van der Waals surface area contributed by atoms with Crippen molar-refractivity contribution in [2.24, 2.45) is 0 Å². The van der Waals surface area contributed by atoms with Crippen molar-refractivity contribution >= 4 is 11.9 Å². The zero-order valence-electron chi connectivity index (χ0n) is 9.77. The average molecular weight is 234 g/mol. The highest BCUT2D eigenvalue weighted by Crippen LogP contribution is 2.10. The van der Waals surface area contributed by atoms with E-state index in [-0.39, 0.29) is 17.7 Å². The van der Waals surface area contributed by atoms with Gasteiger partial charge >= 0.3 is 11.9 Å². The summed E-state index contributed by atoms with van der Waals surface area (Å²) in [6, 6.07) is 5.98. The van der Waals surface area contributed by atoms with E-state index in [1.807, 2.05) is 13.8 Å². The molecule has 0 fully saturated rings. The number of esters is 1. The number of carbonyl (C=O) groups excluding carboxylic acids is 1. The molecule has 4 nitrogen and oxygen atoms in total. The Morgan fingerprint density at radius 1 is 1.24 bits per heavy atom. The van der Waals surface area contributed by atoms with E-state index < -0.39 is 11.9 Å². The maximum atomic E-state index is 11.6. The average Bonchev–Trinajstić information content (AvgIpc) is 2.28. The number of hydrogen-bond acceptors (Lipinski definition) is 3. The number of rotatable bonds is 4. The van der Waals surface area contributed by atoms with Gasteiger partial charge in [-0.1, -0.05) is 17.7 Å².